The van der Waals surface area contributed by atoms with Crippen LogP contribution in [0.5, 0.6) is 0 Å². The maximum atomic E-state index is 14.0. The lowest BCUT2D eigenvalue weighted by Gasteiger charge is -2.34. The fraction of sp³-hybridized carbons (Fsp3) is 0.360. The number of rotatable bonds is 4. The summed E-state index contributed by atoms with van der Waals surface area (Å²) in [6.07, 6.45) is -4.78. The normalized spacial score (nSPS) is 20.9. The van der Waals surface area contributed by atoms with Gasteiger partial charge in [0.05, 0.1) is 6.04 Å². The van der Waals surface area contributed by atoms with Crippen molar-refractivity contribution in [3.63, 3.8) is 0 Å². The summed E-state index contributed by atoms with van der Waals surface area (Å²) in [5.41, 5.74) is 1.76. The molecule has 1 fully saturated rings. The summed E-state index contributed by atoms with van der Waals surface area (Å²) < 4.78 is 42.8. The Bertz CT molecular complexity index is 1180. The van der Waals surface area contributed by atoms with E-state index in [4.69, 9.17) is 11.6 Å². The smallest absolute Gasteiger partial charge is 0.362 e. The summed E-state index contributed by atoms with van der Waals surface area (Å²) in [5, 5.41) is 7.10. The van der Waals surface area contributed by atoms with E-state index >= 15 is 0 Å². The first kappa shape index (κ1) is 23.7. The Morgan fingerprint density at radius 2 is 1.63 bits per heavy atom. The summed E-state index contributed by atoms with van der Waals surface area (Å²) in [6, 6.07) is 16.5. The van der Waals surface area contributed by atoms with E-state index in [1.54, 1.807) is 35.2 Å². The number of piperazine rings is 1. The number of hydrogen-bond donors (Lipinski definition) is 1. The predicted molar refractivity (Wildman–Crippen MR) is 127 cm³/mol. The van der Waals surface area contributed by atoms with Crippen LogP contribution in [0.1, 0.15) is 40.1 Å². The average Bonchev–Trinajstić information content (AvgIpc) is 3.20. The Morgan fingerprint density at radius 3 is 2.26 bits per heavy atom. The molecule has 3 aromatic rings. The van der Waals surface area contributed by atoms with Gasteiger partial charge in [-0.2, -0.15) is 18.3 Å². The number of halogens is 4. The van der Waals surface area contributed by atoms with Crippen molar-refractivity contribution in [2.24, 2.45) is 0 Å². The van der Waals surface area contributed by atoms with Gasteiger partial charge in [0.15, 0.2) is 11.7 Å². The molecule has 35 heavy (non-hydrogen) atoms. The maximum Gasteiger partial charge on any atom is 0.410 e. The highest BCUT2D eigenvalue weighted by Crippen LogP contribution is 2.46. The fourth-order valence-corrected chi connectivity index (χ4v) is 4.99. The van der Waals surface area contributed by atoms with Crippen LogP contribution in [-0.2, 0) is 6.54 Å². The van der Waals surface area contributed by atoms with Crippen LogP contribution < -0.4 is 5.32 Å². The van der Waals surface area contributed by atoms with Crippen molar-refractivity contribution in [2.45, 2.75) is 31.2 Å². The highest BCUT2D eigenvalue weighted by molar-refractivity contribution is 6.36. The molecular formula is C25H25ClF3N5O. The van der Waals surface area contributed by atoms with Gasteiger partial charge in [-0.25, -0.2) is 4.68 Å². The molecule has 2 aliphatic rings. The summed E-state index contributed by atoms with van der Waals surface area (Å²) in [7, 11) is 0. The highest BCUT2D eigenvalue weighted by atomic mass is 35.5. The number of nitrogens with zero attached hydrogens (tertiary/aromatic N) is 4. The minimum atomic E-state index is -4.54. The summed E-state index contributed by atoms with van der Waals surface area (Å²) in [5.74, 6) is -0.421. The Morgan fingerprint density at radius 1 is 1.00 bits per heavy atom. The molecule has 2 atom stereocenters. The predicted octanol–water partition coefficient (Wildman–Crippen LogP) is 5.15. The monoisotopic (exact) mass is 503 g/mol. The summed E-state index contributed by atoms with van der Waals surface area (Å²) >= 11 is 6.49. The molecule has 1 aromatic heterocycles. The molecule has 1 N–H and O–H groups in total. The third-order valence-corrected chi connectivity index (χ3v) is 6.97. The van der Waals surface area contributed by atoms with E-state index in [0.29, 0.717) is 31.7 Å². The third-order valence-electron chi connectivity index (χ3n) is 6.61. The Labute approximate surface area is 206 Å². The number of carbonyl (C=O) groups is 1. The van der Waals surface area contributed by atoms with Crippen molar-refractivity contribution >= 4 is 23.3 Å². The molecule has 2 aliphatic heterocycles. The van der Waals surface area contributed by atoms with Crippen molar-refractivity contribution < 1.29 is 18.0 Å². The summed E-state index contributed by atoms with van der Waals surface area (Å²) in [4.78, 5) is 17.1. The molecule has 3 heterocycles. The van der Waals surface area contributed by atoms with Crippen molar-refractivity contribution in [1.82, 2.24) is 19.6 Å². The number of aromatic nitrogens is 2. The number of nitrogens with one attached hydrogen (secondary N) is 1. The lowest BCUT2D eigenvalue weighted by molar-refractivity contribution is -0.173. The highest BCUT2D eigenvalue weighted by Gasteiger charge is 2.48. The minimum Gasteiger partial charge on any atom is -0.362 e. The molecule has 2 aromatic carbocycles. The number of alkyl halides is 3. The number of carbonyl (C=O) groups excluding carboxylic acids is 1. The van der Waals surface area contributed by atoms with E-state index in [9.17, 15) is 18.0 Å². The first-order valence-electron chi connectivity index (χ1n) is 11.5. The molecule has 10 heteroatoms. The topological polar surface area (TPSA) is 53.4 Å². The summed E-state index contributed by atoms with van der Waals surface area (Å²) in [6.45, 7) is 3.00. The molecule has 0 radical (unpaired) electrons. The molecular weight excluding hydrogens is 479 g/mol. The van der Waals surface area contributed by atoms with Gasteiger partial charge in [0.1, 0.15) is 10.8 Å². The van der Waals surface area contributed by atoms with Gasteiger partial charge in [0, 0.05) is 39.1 Å². The molecule has 1 amide bonds. The van der Waals surface area contributed by atoms with E-state index in [0.717, 1.165) is 11.2 Å². The molecule has 0 saturated carbocycles. The van der Waals surface area contributed by atoms with Crippen LogP contribution in [0.4, 0.5) is 19.0 Å². The molecule has 0 bridgehead atoms. The lowest BCUT2D eigenvalue weighted by Crippen LogP contribution is -2.48. The van der Waals surface area contributed by atoms with Gasteiger partial charge < -0.3 is 10.2 Å². The quantitative estimate of drug-likeness (QED) is 0.534. The second kappa shape index (κ2) is 9.54. The number of anilines is 1. The SMILES string of the molecule is O=C(c1nn2c(c1Cl)N[C@@H](c1ccccc1)C[C@H]2C(F)(F)F)N1CCN(Cc2ccccc2)CC1. The van der Waals surface area contributed by atoms with Crippen LogP contribution in [0.15, 0.2) is 60.7 Å². The van der Waals surface area contributed by atoms with Gasteiger partial charge in [0.2, 0.25) is 0 Å². The van der Waals surface area contributed by atoms with Crippen LogP contribution in [-0.4, -0.2) is 57.8 Å². The van der Waals surface area contributed by atoms with E-state index in [-0.39, 0.29) is 23.0 Å². The second-order valence-electron chi connectivity index (χ2n) is 8.91. The van der Waals surface area contributed by atoms with Crippen LogP contribution in [0, 0.1) is 0 Å². The Kier molecular flexibility index (Phi) is 6.46. The molecule has 0 aliphatic carbocycles. The van der Waals surface area contributed by atoms with E-state index in [2.05, 4.69) is 27.4 Å². The molecule has 184 valence electrons. The van der Waals surface area contributed by atoms with Gasteiger partial charge in [-0.3, -0.25) is 9.69 Å². The van der Waals surface area contributed by atoms with Gasteiger partial charge >= 0.3 is 6.18 Å². The number of hydrogen-bond acceptors (Lipinski definition) is 4. The van der Waals surface area contributed by atoms with Gasteiger partial charge in [-0.05, 0) is 11.1 Å². The molecule has 5 rings (SSSR count). The zero-order valence-corrected chi connectivity index (χ0v) is 19.6. The zero-order chi connectivity index (χ0) is 24.6. The number of amides is 1. The van der Waals surface area contributed by atoms with E-state index in [1.165, 1.54) is 5.56 Å². The lowest BCUT2D eigenvalue weighted by atomic mass is 9.97. The van der Waals surface area contributed by atoms with Crippen molar-refractivity contribution in [1.29, 1.82) is 0 Å². The van der Waals surface area contributed by atoms with Crippen molar-refractivity contribution in [3.8, 4) is 0 Å². The molecule has 0 spiro atoms. The van der Waals surface area contributed by atoms with Crippen LogP contribution in [0.25, 0.3) is 0 Å². The fourth-order valence-electron chi connectivity index (χ4n) is 4.73. The standard InChI is InChI=1S/C25H25ClF3N5O/c26-21-22(24(35)33-13-11-32(12-14-33)16-17-7-3-1-4-8-17)31-34-20(25(27,28)29)15-19(30-23(21)34)18-9-5-2-6-10-18/h1-10,19-20,30H,11-16H2/t19-,20+/m1/s1. The third kappa shape index (κ3) is 4.88. The first-order chi connectivity index (χ1) is 16.8. The zero-order valence-electron chi connectivity index (χ0n) is 18.9. The molecule has 0 unspecified atom stereocenters. The number of fused-ring (bicyclic) bond motifs is 1. The van der Waals surface area contributed by atoms with E-state index < -0.39 is 24.2 Å². The van der Waals surface area contributed by atoms with Crippen molar-refractivity contribution in [3.05, 3.63) is 82.5 Å². The van der Waals surface area contributed by atoms with Crippen LogP contribution in [0.3, 0.4) is 0 Å². The van der Waals surface area contributed by atoms with Crippen LogP contribution >= 0.6 is 11.6 Å². The maximum absolute atomic E-state index is 14.0. The molecule has 6 nitrogen and oxygen atoms in total. The largest absolute Gasteiger partial charge is 0.410 e. The molecule has 1 saturated heterocycles. The second-order valence-corrected chi connectivity index (χ2v) is 9.29. The number of benzene rings is 2. The first-order valence-corrected chi connectivity index (χ1v) is 11.9. The Balaban J connectivity index is 1.34. The minimum absolute atomic E-state index is 0.0279. The van der Waals surface area contributed by atoms with Gasteiger partial charge in [-0.1, -0.05) is 72.3 Å². The Hall–Kier alpha value is -3.04. The van der Waals surface area contributed by atoms with E-state index in [1.807, 2.05) is 18.2 Å². The average molecular weight is 504 g/mol. The van der Waals surface area contributed by atoms with Gasteiger partial charge in [0.25, 0.3) is 5.91 Å². The van der Waals surface area contributed by atoms with Crippen molar-refractivity contribution in [2.75, 3.05) is 31.5 Å². The van der Waals surface area contributed by atoms with Gasteiger partial charge in [-0.15, -0.1) is 0 Å². The van der Waals surface area contributed by atoms with Crippen LogP contribution in [0.2, 0.25) is 5.02 Å².